The molecule has 1 heterocycles. The Morgan fingerprint density at radius 3 is 2.47 bits per heavy atom. The highest BCUT2D eigenvalue weighted by atomic mass is 32.1. The fraction of sp³-hybridized carbons (Fsp3) is 0.462. The molecule has 1 aliphatic rings. The lowest BCUT2D eigenvalue weighted by atomic mass is 10.0. The first kappa shape index (κ1) is 12.3. The van der Waals surface area contributed by atoms with Crippen molar-refractivity contribution >= 4 is 22.9 Å². The lowest BCUT2D eigenvalue weighted by Gasteiger charge is -2.21. The van der Waals surface area contributed by atoms with Gasteiger partial charge in [-0.2, -0.15) is 0 Å². The van der Waals surface area contributed by atoms with E-state index in [1.165, 1.54) is 12.1 Å². The van der Waals surface area contributed by atoms with Crippen LogP contribution in [0.5, 0.6) is 0 Å². The van der Waals surface area contributed by atoms with Crippen LogP contribution < -0.4 is 10.6 Å². The Kier molecular flexibility index (Phi) is 3.33. The zero-order chi connectivity index (χ0) is 12.6. The summed E-state index contributed by atoms with van der Waals surface area (Å²) in [5.41, 5.74) is 7.25. The van der Waals surface area contributed by atoms with E-state index in [1.807, 2.05) is 0 Å². The van der Waals surface area contributed by atoms with Gasteiger partial charge in [-0.05, 0) is 30.0 Å². The van der Waals surface area contributed by atoms with Crippen molar-refractivity contribution in [3.8, 4) is 0 Å². The van der Waals surface area contributed by atoms with Crippen molar-refractivity contribution in [2.75, 3.05) is 18.0 Å². The van der Waals surface area contributed by atoms with Gasteiger partial charge in [-0.15, -0.1) is 0 Å². The van der Waals surface area contributed by atoms with Crippen LogP contribution in [0.15, 0.2) is 18.2 Å². The molecule has 17 heavy (non-hydrogen) atoms. The average molecular weight is 252 g/mol. The number of anilines is 1. The summed E-state index contributed by atoms with van der Waals surface area (Å²) in [5.74, 6) is 0.982. The molecule has 2 nitrogen and oxygen atoms in total. The lowest BCUT2D eigenvalue weighted by Crippen LogP contribution is -2.24. The summed E-state index contributed by atoms with van der Waals surface area (Å²) < 4.78 is 13.2. The predicted molar refractivity (Wildman–Crippen MR) is 72.8 cm³/mol. The molecule has 1 aromatic carbocycles. The van der Waals surface area contributed by atoms with Crippen LogP contribution in [-0.4, -0.2) is 18.1 Å². The van der Waals surface area contributed by atoms with Crippen molar-refractivity contribution in [1.29, 1.82) is 0 Å². The Labute approximate surface area is 107 Å². The SMILES string of the molecule is CC1CN(c2ccc(F)cc2C(N)=S)CC1C. The van der Waals surface area contributed by atoms with E-state index in [1.54, 1.807) is 6.07 Å². The largest absolute Gasteiger partial charge is 0.389 e. The Morgan fingerprint density at radius 2 is 1.94 bits per heavy atom. The molecular formula is C13H17FN2S. The first-order chi connectivity index (χ1) is 7.99. The quantitative estimate of drug-likeness (QED) is 0.820. The van der Waals surface area contributed by atoms with E-state index in [9.17, 15) is 4.39 Å². The molecule has 1 fully saturated rings. The smallest absolute Gasteiger partial charge is 0.124 e. The van der Waals surface area contributed by atoms with E-state index in [0.29, 0.717) is 17.4 Å². The van der Waals surface area contributed by atoms with Crippen molar-refractivity contribution < 1.29 is 4.39 Å². The minimum atomic E-state index is -0.295. The Morgan fingerprint density at radius 1 is 1.35 bits per heavy atom. The summed E-state index contributed by atoms with van der Waals surface area (Å²) in [5, 5.41) is 0. The molecule has 2 rings (SSSR count). The molecule has 1 aliphatic heterocycles. The van der Waals surface area contributed by atoms with E-state index in [-0.39, 0.29) is 10.8 Å². The average Bonchev–Trinajstić information content (AvgIpc) is 2.59. The monoisotopic (exact) mass is 252 g/mol. The number of hydrogen-bond acceptors (Lipinski definition) is 2. The number of nitrogens with zero attached hydrogens (tertiary/aromatic N) is 1. The summed E-state index contributed by atoms with van der Waals surface area (Å²) in [7, 11) is 0. The van der Waals surface area contributed by atoms with Gasteiger partial charge < -0.3 is 10.6 Å². The van der Waals surface area contributed by atoms with Crippen LogP contribution >= 0.6 is 12.2 Å². The Hall–Kier alpha value is -1.16. The molecule has 2 atom stereocenters. The van der Waals surface area contributed by atoms with Crippen molar-refractivity contribution in [1.82, 2.24) is 0 Å². The molecule has 0 spiro atoms. The third kappa shape index (κ3) is 2.41. The van der Waals surface area contributed by atoms with Crippen LogP contribution in [0.1, 0.15) is 19.4 Å². The summed E-state index contributed by atoms with van der Waals surface area (Å²) in [6.45, 7) is 6.41. The van der Waals surface area contributed by atoms with Gasteiger partial charge in [0.15, 0.2) is 0 Å². The molecule has 2 unspecified atom stereocenters. The molecule has 0 saturated carbocycles. The van der Waals surface area contributed by atoms with Crippen LogP contribution in [0.4, 0.5) is 10.1 Å². The lowest BCUT2D eigenvalue weighted by molar-refractivity contribution is 0.494. The topological polar surface area (TPSA) is 29.3 Å². The molecule has 4 heteroatoms. The fourth-order valence-electron chi connectivity index (χ4n) is 2.31. The van der Waals surface area contributed by atoms with Crippen molar-refractivity contribution in [2.24, 2.45) is 17.6 Å². The first-order valence-electron chi connectivity index (χ1n) is 5.83. The number of benzene rings is 1. The molecule has 0 amide bonds. The van der Waals surface area contributed by atoms with Gasteiger partial charge in [-0.1, -0.05) is 26.1 Å². The maximum atomic E-state index is 13.2. The van der Waals surface area contributed by atoms with Crippen LogP contribution in [0.25, 0.3) is 0 Å². The van der Waals surface area contributed by atoms with E-state index in [4.69, 9.17) is 18.0 Å². The Bertz CT molecular complexity index is 437. The normalized spacial score (nSPS) is 24.1. The molecule has 0 aliphatic carbocycles. The van der Waals surface area contributed by atoms with Crippen molar-refractivity contribution in [3.63, 3.8) is 0 Å². The van der Waals surface area contributed by atoms with Gasteiger partial charge in [0.25, 0.3) is 0 Å². The number of halogens is 1. The van der Waals surface area contributed by atoms with Crippen LogP contribution in [0, 0.1) is 17.7 Å². The van der Waals surface area contributed by atoms with E-state index in [0.717, 1.165) is 18.8 Å². The van der Waals surface area contributed by atoms with Gasteiger partial charge >= 0.3 is 0 Å². The van der Waals surface area contributed by atoms with Crippen molar-refractivity contribution in [3.05, 3.63) is 29.6 Å². The number of nitrogens with two attached hydrogens (primary N) is 1. The van der Waals surface area contributed by atoms with Gasteiger partial charge in [0, 0.05) is 24.3 Å². The molecule has 92 valence electrons. The third-order valence-corrected chi connectivity index (χ3v) is 3.77. The second kappa shape index (κ2) is 4.61. The predicted octanol–water partition coefficient (Wildman–Crippen LogP) is 2.55. The second-order valence-electron chi connectivity index (χ2n) is 4.89. The fourth-order valence-corrected chi connectivity index (χ4v) is 2.47. The summed E-state index contributed by atoms with van der Waals surface area (Å²) in [6.07, 6.45) is 0. The molecule has 1 saturated heterocycles. The van der Waals surface area contributed by atoms with Gasteiger partial charge in [0.2, 0.25) is 0 Å². The first-order valence-corrected chi connectivity index (χ1v) is 6.24. The summed E-state index contributed by atoms with van der Waals surface area (Å²) in [4.78, 5) is 2.50. The zero-order valence-corrected chi connectivity index (χ0v) is 10.9. The maximum absolute atomic E-state index is 13.2. The zero-order valence-electron chi connectivity index (χ0n) is 10.1. The number of rotatable bonds is 2. The van der Waals surface area contributed by atoms with Gasteiger partial charge in [0.1, 0.15) is 10.8 Å². The second-order valence-corrected chi connectivity index (χ2v) is 5.33. The molecular weight excluding hydrogens is 235 g/mol. The van der Waals surface area contributed by atoms with Gasteiger partial charge in [-0.25, -0.2) is 4.39 Å². The van der Waals surface area contributed by atoms with Crippen LogP contribution in [0.3, 0.4) is 0 Å². The minimum absolute atomic E-state index is 0.256. The summed E-state index contributed by atoms with van der Waals surface area (Å²) in [6, 6.07) is 4.66. The standard InChI is InChI=1S/C13H17FN2S/c1-8-6-16(7-9(8)2)12-4-3-10(14)5-11(12)13(15)17/h3-5,8-9H,6-7H2,1-2H3,(H2,15,17). The van der Waals surface area contributed by atoms with Crippen LogP contribution in [-0.2, 0) is 0 Å². The molecule has 0 bridgehead atoms. The highest BCUT2D eigenvalue weighted by molar-refractivity contribution is 7.80. The van der Waals surface area contributed by atoms with E-state index < -0.39 is 0 Å². The molecule has 0 aromatic heterocycles. The maximum Gasteiger partial charge on any atom is 0.124 e. The van der Waals surface area contributed by atoms with Gasteiger partial charge in [0.05, 0.1) is 0 Å². The van der Waals surface area contributed by atoms with Crippen molar-refractivity contribution in [2.45, 2.75) is 13.8 Å². The number of hydrogen-bond donors (Lipinski definition) is 1. The van der Waals surface area contributed by atoms with Gasteiger partial charge in [-0.3, -0.25) is 0 Å². The summed E-state index contributed by atoms with van der Waals surface area (Å²) >= 11 is 4.99. The molecule has 1 aromatic rings. The van der Waals surface area contributed by atoms with E-state index in [2.05, 4.69) is 18.7 Å². The third-order valence-electron chi connectivity index (χ3n) is 3.55. The Balaban J connectivity index is 2.36. The minimum Gasteiger partial charge on any atom is -0.389 e. The molecule has 2 N–H and O–H groups in total. The molecule has 0 radical (unpaired) electrons. The van der Waals surface area contributed by atoms with E-state index >= 15 is 0 Å². The number of thiocarbonyl (C=S) groups is 1. The highest BCUT2D eigenvalue weighted by Crippen LogP contribution is 2.30. The highest BCUT2D eigenvalue weighted by Gasteiger charge is 2.27. The van der Waals surface area contributed by atoms with Crippen LogP contribution in [0.2, 0.25) is 0 Å².